The summed E-state index contributed by atoms with van der Waals surface area (Å²) < 4.78 is 1.00. The quantitative estimate of drug-likeness (QED) is 0.187. The summed E-state index contributed by atoms with van der Waals surface area (Å²) in [4.78, 5) is 21.8. The van der Waals surface area contributed by atoms with Crippen LogP contribution in [-0.4, -0.2) is 21.6 Å². The fourth-order valence-electron chi connectivity index (χ4n) is 2.88. The fraction of sp³-hybridized carbons (Fsp3) is 0.0417. The maximum Gasteiger partial charge on any atom is 0.234 e. The molecular formula is C24H18IN3OS. The van der Waals surface area contributed by atoms with Gasteiger partial charge in [0.05, 0.1) is 22.8 Å². The van der Waals surface area contributed by atoms with Crippen molar-refractivity contribution in [2.24, 2.45) is 0 Å². The van der Waals surface area contributed by atoms with E-state index in [1.165, 1.54) is 11.8 Å². The summed E-state index contributed by atoms with van der Waals surface area (Å²) in [6.45, 7) is 0. The van der Waals surface area contributed by atoms with Gasteiger partial charge in [0.2, 0.25) is 5.91 Å². The molecule has 0 unspecified atom stereocenters. The van der Waals surface area contributed by atoms with E-state index in [1.807, 2.05) is 91.0 Å². The minimum Gasteiger partial charge on any atom is -0.324 e. The highest BCUT2D eigenvalue weighted by molar-refractivity contribution is 14.1. The molecule has 148 valence electrons. The number of amides is 1. The Morgan fingerprint density at radius 2 is 1.33 bits per heavy atom. The standard InChI is InChI=1S/C24H18IN3OS/c25-19-13-7-8-14-20(19)26-23(29)16-30-24-27-21(17-9-3-1-4-10-17)15-22(28-24)18-11-5-2-6-12-18/h1-15H,16H2,(H,26,29). The van der Waals surface area contributed by atoms with Crippen LogP contribution in [0, 0.1) is 3.57 Å². The number of carbonyl (C=O) groups is 1. The van der Waals surface area contributed by atoms with E-state index in [2.05, 4.69) is 27.9 Å². The smallest absolute Gasteiger partial charge is 0.234 e. The number of halogens is 1. The Morgan fingerprint density at radius 1 is 0.800 bits per heavy atom. The van der Waals surface area contributed by atoms with E-state index in [0.29, 0.717) is 5.16 Å². The van der Waals surface area contributed by atoms with E-state index in [4.69, 9.17) is 9.97 Å². The minimum absolute atomic E-state index is 0.0842. The van der Waals surface area contributed by atoms with Gasteiger partial charge in [0, 0.05) is 14.7 Å². The highest BCUT2D eigenvalue weighted by Crippen LogP contribution is 2.27. The summed E-state index contributed by atoms with van der Waals surface area (Å²) in [6.07, 6.45) is 0. The second-order valence-electron chi connectivity index (χ2n) is 6.47. The SMILES string of the molecule is O=C(CSc1nc(-c2ccccc2)cc(-c2ccccc2)n1)Nc1ccccc1I. The van der Waals surface area contributed by atoms with Gasteiger partial charge in [-0.1, -0.05) is 84.6 Å². The first kappa shape index (κ1) is 20.6. The molecule has 1 amide bonds. The number of nitrogens with one attached hydrogen (secondary N) is 1. The van der Waals surface area contributed by atoms with Crippen LogP contribution in [0.3, 0.4) is 0 Å². The van der Waals surface area contributed by atoms with Crippen LogP contribution in [0.5, 0.6) is 0 Å². The van der Waals surface area contributed by atoms with Crippen LogP contribution in [0.2, 0.25) is 0 Å². The van der Waals surface area contributed by atoms with Crippen LogP contribution < -0.4 is 5.32 Å². The highest BCUT2D eigenvalue weighted by Gasteiger charge is 2.12. The number of anilines is 1. The van der Waals surface area contributed by atoms with Gasteiger partial charge < -0.3 is 5.32 Å². The molecule has 0 atom stereocenters. The molecule has 0 fully saturated rings. The van der Waals surface area contributed by atoms with Crippen molar-refractivity contribution in [2.45, 2.75) is 5.16 Å². The van der Waals surface area contributed by atoms with Crippen LogP contribution in [0.15, 0.2) is 96.2 Å². The van der Waals surface area contributed by atoms with Crippen molar-refractivity contribution < 1.29 is 4.79 Å². The van der Waals surface area contributed by atoms with Gasteiger partial charge in [-0.05, 0) is 40.8 Å². The highest BCUT2D eigenvalue weighted by atomic mass is 127. The van der Waals surface area contributed by atoms with Gasteiger partial charge in [0.1, 0.15) is 0 Å². The Morgan fingerprint density at radius 3 is 1.90 bits per heavy atom. The summed E-state index contributed by atoms with van der Waals surface area (Å²) in [6, 6.07) is 29.7. The summed E-state index contributed by atoms with van der Waals surface area (Å²) in [7, 11) is 0. The average Bonchev–Trinajstić information content (AvgIpc) is 2.80. The number of nitrogens with zero attached hydrogens (tertiary/aromatic N) is 2. The Balaban J connectivity index is 1.57. The lowest BCUT2D eigenvalue weighted by Gasteiger charge is -2.09. The third-order valence-electron chi connectivity index (χ3n) is 4.33. The van der Waals surface area contributed by atoms with Gasteiger partial charge in [-0.2, -0.15) is 0 Å². The topological polar surface area (TPSA) is 54.9 Å². The number of aromatic nitrogens is 2. The molecule has 0 aliphatic heterocycles. The van der Waals surface area contributed by atoms with Crippen molar-refractivity contribution in [2.75, 3.05) is 11.1 Å². The predicted octanol–water partition coefficient (Wildman–Crippen LogP) is 6.15. The number of carbonyl (C=O) groups excluding carboxylic acids is 1. The number of rotatable bonds is 6. The maximum absolute atomic E-state index is 12.5. The first-order valence-electron chi connectivity index (χ1n) is 9.36. The summed E-state index contributed by atoms with van der Waals surface area (Å²) in [5.41, 5.74) is 4.52. The Kier molecular flexibility index (Phi) is 6.76. The van der Waals surface area contributed by atoms with Crippen molar-refractivity contribution in [1.82, 2.24) is 9.97 Å². The van der Waals surface area contributed by atoms with E-state index in [-0.39, 0.29) is 11.7 Å². The first-order valence-corrected chi connectivity index (χ1v) is 11.4. The molecular weight excluding hydrogens is 505 g/mol. The lowest BCUT2D eigenvalue weighted by molar-refractivity contribution is -0.113. The normalized spacial score (nSPS) is 10.6. The third kappa shape index (κ3) is 5.25. The predicted molar refractivity (Wildman–Crippen MR) is 131 cm³/mol. The second kappa shape index (κ2) is 9.86. The molecule has 4 rings (SSSR count). The van der Waals surface area contributed by atoms with Crippen molar-refractivity contribution in [3.8, 4) is 22.5 Å². The molecule has 30 heavy (non-hydrogen) atoms. The van der Waals surface area contributed by atoms with Crippen LogP contribution in [0.4, 0.5) is 5.69 Å². The lowest BCUT2D eigenvalue weighted by Crippen LogP contribution is -2.15. The number of hydrogen-bond donors (Lipinski definition) is 1. The molecule has 4 aromatic rings. The molecule has 0 saturated heterocycles. The molecule has 4 nitrogen and oxygen atoms in total. The van der Waals surface area contributed by atoms with Gasteiger partial charge >= 0.3 is 0 Å². The number of para-hydroxylation sites is 1. The van der Waals surface area contributed by atoms with Gasteiger partial charge in [-0.3, -0.25) is 4.79 Å². The van der Waals surface area contributed by atoms with Crippen LogP contribution >= 0.6 is 34.4 Å². The van der Waals surface area contributed by atoms with Gasteiger partial charge in [0.15, 0.2) is 5.16 Å². The van der Waals surface area contributed by atoms with Crippen molar-refractivity contribution >= 4 is 45.9 Å². The van der Waals surface area contributed by atoms with Crippen molar-refractivity contribution in [1.29, 1.82) is 0 Å². The minimum atomic E-state index is -0.0842. The van der Waals surface area contributed by atoms with Crippen LogP contribution in [0.1, 0.15) is 0 Å². The fourth-order valence-corrected chi connectivity index (χ4v) is 4.06. The molecule has 0 spiro atoms. The molecule has 0 radical (unpaired) electrons. The number of hydrogen-bond acceptors (Lipinski definition) is 4. The molecule has 1 heterocycles. The summed E-state index contributed by atoms with van der Waals surface area (Å²) >= 11 is 3.54. The molecule has 0 aliphatic carbocycles. The van der Waals surface area contributed by atoms with E-state index < -0.39 is 0 Å². The van der Waals surface area contributed by atoms with Crippen LogP contribution in [-0.2, 0) is 4.79 Å². The van der Waals surface area contributed by atoms with E-state index in [9.17, 15) is 4.79 Å². The Hall–Kier alpha value is -2.71. The molecule has 1 aromatic heterocycles. The molecule has 3 aromatic carbocycles. The van der Waals surface area contributed by atoms with Crippen molar-refractivity contribution in [3.63, 3.8) is 0 Å². The molecule has 0 bridgehead atoms. The van der Waals surface area contributed by atoms with E-state index >= 15 is 0 Å². The zero-order valence-electron chi connectivity index (χ0n) is 16.0. The Labute approximate surface area is 193 Å². The molecule has 6 heteroatoms. The zero-order valence-corrected chi connectivity index (χ0v) is 18.9. The summed E-state index contributed by atoms with van der Waals surface area (Å²) in [5.74, 6) is 0.149. The van der Waals surface area contributed by atoms with E-state index in [1.54, 1.807) is 0 Å². The van der Waals surface area contributed by atoms with Gasteiger partial charge in [-0.25, -0.2) is 9.97 Å². The molecule has 0 saturated carbocycles. The number of thioether (sulfide) groups is 1. The first-order chi connectivity index (χ1) is 14.7. The largest absolute Gasteiger partial charge is 0.324 e. The van der Waals surface area contributed by atoms with E-state index in [0.717, 1.165) is 31.8 Å². The molecule has 0 aliphatic rings. The monoisotopic (exact) mass is 523 g/mol. The second-order valence-corrected chi connectivity index (χ2v) is 8.57. The van der Waals surface area contributed by atoms with Gasteiger partial charge in [-0.15, -0.1) is 0 Å². The third-order valence-corrected chi connectivity index (χ3v) is 6.11. The van der Waals surface area contributed by atoms with Gasteiger partial charge in [0.25, 0.3) is 0 Å². The lowest BCUT2D eigenvalue weighted by atomic mass is 10.1. The average molecular weight is 523 g/mol. The van der Waals surface area contributed by atoms with Crippen molar-refractivity contribution in [3.05, 3.63) is 94.6 Å². The Bertz CT molecular complexity index is 1100. The summed E-state index contributed by atoms with van der Waals surface area (Å²) in [5, 5.41) is 3.53. The molecule has 1 N–H and O–H groups in total. The maximum atomic E-state index is 12.5. The zero-order chi connectivity index (χ0) is 20.8. The van der Waals surface area contributed by atoms with Crippen LogP contribution in [0.25, 0.3) is 22.5 Å². The number of benzene rings is 3.